The van der Waals surface area contributed by atoms with Crippen LogP contribution in [0.25, 0.3) is 11.1 Å². The van der Waals surface area contributed by atoms with E-state index in [1.165, 1.54) is 12.7 Å². The van der Waals surface area contributed by atoms with E-state index in [4.69, 9.17) is 4.74 Å². The van der Waals surface area contributed by atoms with Gasteiger partial charge in [-0.2, -0.15) is 0 Å². The van der Waals surface area contributed by atoms with Crippen molar-refractivity contribution in [2.75, 3.05) is 7.11 Å². The summed E-state index contributed by atoms with van der Waals surface area (Å²) in [5.74, 6) is -0.301. The second-order valence-corrected chi connectivity index (χ2v) is 6.62. The Hall–Kier alpha value is -1.13. The van der Waals surface area contributed by atoms with Gasteiger partial charge in [0.2, 0.25) is 0 Å². The van der Waals surface area contributed by atoms with Crippen molar-refractivity contribution in [3.63, 3.8) is 0 Å². The monoisotopic (exact) mass is 394 g/mol. The number of methoxy groups -OCH3 is 1. The molecule has 0 N–H and O–H groups in total. The van der Waals surface area contributed by atoms with Gasteiger partial charge >= 0.3 is 5.97 Å². The first-order chi connectivity index (χ1) is 9.65. The Morgan fingerprint density at radius 2 is 1.70 bits per heavy atom. The van der Waals surface area contributed by atoms with E-state index in [1.807, 2.05) is 30.3 Å². The topological polar surface area (TPSA) is 26.3 Å². The summed E-state index contributed by atoms with van der Waals surface area (Å²) in [6, 6.07) is 14.0. The molecule has 2 aromatic rings. The number of carbonyl (C=O) groups excluding carboxylic acids is 1. The lowest BCUT2D eigenvalue weighted by molar-refractivity contribution is 0.0599. The van der Waals surface area contributed by atoms with Crippen LogP contribution in [0.5, 0.6) is 0 Å². The molecule has 1 aliphatic rings. The molecule has 0 saturated carbocycles. The van der Waals surface area contributed by atoms with Crippen molar-refractivity contribution >= 4 is 37.8 Å². The fourth-order valence-electron chi connectivity index (χ4n) is 2.67. The van der Waals surface area contributed by atoms with Crippen LogP contribution in [0.1, 0.15) is 31.1 Å². The number of alkyl halides is 2. The third-order valence-corrected chi connectivity index (χ3v) is 6.31. The Morgan fingerprint density at radius 3 is 2.45 bits per heavy atom. The molecule has 1 aliphatic carbocycles. The molecule has 2 nitrogen and oxygen atoms in total. The SMILES string of the molecule is COC(=O)c1cccc2c1[C@H](Br)[C@@H](Br)c1ccccc1-2. The molecule has 3 rings (SSSR count). The maximum absolute atomic E-state index is 12.0. The first-order valence-electron chi connectivity index (χ1n) is 6.23. The summed E-state index contributed by atoms with van der Waals surface area (Å²) >= 11 is 7.44. The maximum Gasteiger partial charge on any atom is 0.338 e. The average Bonchev–Trinajstić information content (AvgIpc) is 2.51. The Labute approximate surface area is 134 Å². The molecule has 0 bridgehead atoms. The van der Waals surface area contributed by atoms with E-state index in [1.54, 1.807) is 0 Å². The van der Waals surface area contributed by atoms with Gasteiger partial charge in [-0.25, -0.2) is 4.79 Å². The Kier molecular flexibility index (Phi) is 3.69. The zero-order valence-electron chi connectivity index (χ0n) is 10.8. The van der Waals surface area contributed by atoms with Crippen LogP contribution in [0.2, 0.25) is 0 Å². The fraction of sp³-hybridized carbons (Fsp3) is 0.188. The van der Waals surface area contributed by atoms with Gasteiger partial charge in [0.05, 0.1) is 22.3 Å². The molecular weight excluding hydrogens is 384 g/mol. The van der Waals surface area contributed by atoms with Crippen LogP contribution in [0.15, 0.2) is 42.5 Å². The smallest absolute Gasteiger partial charge is 0.338 e. The summed E-state index contributed by atoms with van der Waals surface area (Å²) in [6.07, 6.45) is 0. The van der Waals surface area contributed by atoms with E-state index in [0.717, 1.165) is 16.7 Å². The van der Waals surface area contributed by atoms with Crippen LogP contribution < -0.4 is 0 Å². The van der Waals surface area contributed by atoms with E-state index < -0.39 is 0 Å². The Balaban J connectivity index is 2.31. The van der Waals surface area contributed by atoms with Gasteiger partial charge in [0.1, 0.15) is 0 Å². The zero-order chi connectivity index (χ0) is 14.3. The van der Waals surface area contributed by atoms with Crippen molar-refractivity contribution < 1.29 is 9.53 Å². The highest BCUT2D eigenvalue weighted by Gasteiger charge is 2.33. The number of carbonyl (C=O) groups is 1. The molecule has 0 aliphatic heterocycles. The minimum atomic E-state index is -0.301. The number of ether oxygens (including phenoxy) is 1. The minimum absolute atomic E-state index is 0.0303. The first kappa shape index (κ1) is 13.8. The van der Waals surface area contributed by atoms with Gasteiger partial charge < -0.3 is 4.74 Å². The average molecular weight is 396 g/mol. The lowest BCUT2D eigenvalue weighted by Crippen LogP contribution is -2.15. The molecule has 0 fully saturated rings. The molecule has 0 amide bonds. The third kappa shape index (κ3) is 2.02. The third-order valence-electron chi connectivity index (χ3n) is 3.59. The molecule has 2 atom stereocenters. The van der Waals surface area contributed by atoms with Crippen LogP contribution in [0, 0.1) is 0 Å². The largest absolute Gasteiger partial charge is 0.465 e. The summed E-state index contributed by atoms with van der Waals surface area (Å²) in [7, 11) is 1.41. The zero-order valence-corrected chi connectivity index (χ0v) is 13.9. The van der Waals surface area contributed by atoms with Gasteiger partial charge in [-0.3, -0.25) is 0 Å². The number of hydrogen-bond acceptors (Lipinski definition) is 2. The molecule has 4 heteroatoms. The summed E-state index contributed by atoms with van der Waals surface area (Å²) in [5, 5.41) is 0. The van der Waals surface area contributed by atoms with Gasteiger partial charge in [0.15, 0.2) is 0 Å². The number of fused-ring (bicyclic) bond motifs is 3. The second kappa shape index (κ2) is 5.34. The number of hydrogen-bond donors (Lipinski definition) is 0. The van der Waals surface area contributed by atoms with E-state index in [2.05, 4.69) is 44.0 Å². The lowest BCUT2D eigenvalue weighted by atomic mass is 9.83. The number of rotatable bonds is 1. The van der Waals surface area contributed by atoms with Gasteiger partial charge in [-0.1, -0.05) is 68.3 Å². The van der Waals surface area contributed by atoms with Crippen LogP contribution in [0.3, 0.4) is 0 Å². The summed E-state index contributed by atoms with van der Waals surface area (Å²) in [6.45, 7) is 0. The summed E-state index contributed by atoms with van der Waals surface area (Å²) < 4.78 is 4.90. The molecule has 0 unspecified atom stereocenters. The number of esters is 1. The van der Waals surface area contributed by atoms with Crippen molar-refractivity contribution in [2.24, 2.45) is 0 Å². The minimum Gasteiger partial charge on any atom is -0.465 e. The van der Waals surface area contributed by atoms with Gasteiger partial charge in [-0.05, 0) is 28.3 Å². The van der Waals surface area contributed by atoms with Crippen molar-refractivity contribution in [3.8, 4) is 11.1 Å². The molecule has 0 aromatic heterocycles. The van der Waals surface area contributed by atoms with E-state index >= 15 is 0 Å². The Bertz CT molecular complexity index is 682. The van der Waals surface area contributed by atoms with Crippen molar-refractivity contribution in [1.82, 2.24) is 0 Å². The van der Waals surface area contributed by atoms with Crippen LogP contribution in [-0.4, -0.2) is 13.1 Å². The standard InChI is InChI=1S/C16H12Br2O2/c1-20-16(19)12-8-4-7-10-9-5-2-3-6-11(9)14(17)15(18)13(10)12/h2-8,14-15H,1H3/t14-,15-/m0/s1. The molecule has 0 saturated heterocycles. The predicted octanol–water partition coefficient (Wildman–Crippen LogP) is 5.03. The highest BCUT2D eigenvalue weighted by Crippen LogP contribution is 2.53. The second-order valence-electron chi connectivity index (χ2n) is 4.65. The number of benzene rings is 2. The van der Waals surface area contributed by atoms with Gasteiger partial charge in [-0.15, -0.1) is 0 Å². The predicted molar refractivity (Wildman–Crippen MR) is 86.6 cm³/mol. The summed E-state index contributed by atoms with van der Waals surface area (Å²) in [5.41, 5.74) is 5.07. The van der Waals surface area contributed by atoms with Crippen LogP contribution in [0.4, 0.5) is 0 Å². The molecule has 0 heterocycles. The molecule has 2 aromatic carbocycles. The highest BCUT2D eigenvalue weighted by atomic mass is 79.9. The van der Waals surface area contributed by atoms with Crippen molar-refractivity contribution in [3.05, 3.63) is 59.2 Å². The molecular formula is C16H12Br2O2. The number of halogens is 2. The highest BCUT2D eigenvalue weighted by molar-refractivity contribution is 9.12. The molecule has 102 valence electrons. The molecule has 0 spiro atoms. The van der Waals surface area contributed by atoms with Gasteiger partial charge in [0.25, 0.3) is 0 Å². The van der Waals surface area contributed by atoms with Crippen LogP contribution >= 0.6 is 31.9 Å². The van der Waals surface area contributed by atoms with Crippen molar-refractivity contribution in [2.45, 2.75) is 9.65 Å². The van der Waals surface area contributed by atoms with Crippen molar-refractivity contribution in [1.29, 1.82) is 0 Å². The first-order valence-corrected chi connectivity index (χ1v) is 8.07. The Morgan fingerprint density at radius 1 is 1.00 bits per heavy atom. The van der Waals surface area contributed by atoms with Gasteiger partial charge in [0, 0.05) is 0 Å². The van der Waals surface area contributed by atoms with E-state index in [9.17, 15) is 4.79 Å². The quantitative estimate of drug-likeness (QED) is 0.500. The molecule has 0 radical (unpaired) electrons. The lowest BCUT2D eigenvalue weighted by Gasteiger charge is -2.30. The van der Waals surface area contributed by atoms with Crippen LogP contribution in [-0.2, 0) is 4.74 Å². The van der Waals surface area contributed by atoms with E-state index in [0.29, 0.717) is 5.56 Å². The normalized spacial score (nSPS) is 19.9. The summed E-state index contributed by atoms with van der Waals surface area (Å²) in [4.78, 5) is 12.1. The maximum atomic E-state index is 12.0. The fourth-order valence-corrected chi connectivity index (χ4v) is 4.11. The molecule has 20 heavy (non-hydrogen) atoms. The van der Waals surface area contributed by atoms with E-state index in [-0.39, 0.29) is 15.6 Å².